The van der Waals surface area contributed by atoms with Crippen molar-refractivity contribution in [1.29, 1.82) is 0 Å². The maximum atomic E-state index is 11.5. The van der Waals surface area contributed by atoms with Gasteiger partial charge in [-0.2, -0.15) is 0 Å². The zero-order valence-corrected chi connectivity index (χ0v) is 11.3. The number of aromatic nitrogens is 1. The van der Waals surface area contributed by atoms with E-state index in [1.807, 2.05) is 12.3 Å². The lowest BCUT2D eigenvalue weighted by Crippen LogP contribution is -2.36. The summed E-state index contributed by atoms with van der Waals surface area (Å²) in [5, 5.41) is 3.51. The monoisotopic (exact) mass is 248 g/mol. The fraction of sp³-hybridized carbons (Fsp3) is 0.667. The Balaban J connectivity index is 1.73. The van der Waals surface area contributed by atoms with Crippen molar-refractivity contribution < 1.29 is 0 Å². The standard InChI is InChI=1S/C15H24N2O/c1-15(8-4-2-5-9-15)13-16-10-12-17-11-6-3-7-14(17)18/h3,6-7,11,16H,2,4-5,8-10,12-13H2,1H3. The van der Waals surface area contributed by atoms with Crippen molar-refractivity contribution in [1.82, 2.24) is 9.88 Å². The van der Waals surface area contributed by atoms with Crippen LogP contribution in [-0.2, 0) is 6.54 Å². The van der Waals surface area contributed by atoms with Gasteiger partial charge in [0.2, 0.25) is 0 Å². The van der Waals surface area contributed by atoms with Gasteiger partial charge in [0.15, 0.2) is 0 Å². The molecule has 100 valence electrons. The first-order valence-corrected chi connectivity index (χ1v) is 7.06. The number of hydrogen-bond donors (Lipinski definition) is 1. The number of nitrogens with zero attached hydrogens (tertiary/aromatic N) is 1. The van der Waals surface area contributed by atoms with Gasteiger partial charge in [-0.15, -0.1) is 0 Å². The summed E-state index contributed by atoms with van der Waals surface area (Å²) >= 11 is 0. The zero-order chi connectivity index (χ0) is 12.8. The molecule has 2 rings (SSSR count). The van der Waals surface area contributed by atoms with E-state index < -0.39 is 0 Å². The third-order valence-corrected chi connectivity index (χ3v) is 4.04. The molecule has 1 fully saturated rings. The van der Waals surface area contributed by atoms with Crippen molar-refractivity contribution >= 4 is 0 Å². The fourth-order valence-electron chi connectivity index (χ4n) is 2.82. The van der Waals surface area contributed by atoms with E-state index in [9.17, 15) is 4.79 Å². The summed E-state index contributed by atoms with van der Waals surface area (Å²) in [6.07, 6.45) is 8.67. The van der Waals surface area contributed by atoms with E-state index in [-0.39, 0.29) is 5.56 Å². The van der Waals surface area contributed by atoms with E-state index in [1.54, 1.807) is 16.7 Å². The molecule has 18 heavy (non-hydrogen) atoms. The summed E-state index contributed by atoms with van der Waals surface area (Å²) in [6.45, 7) is 5.09. The molecule has 1 heterocycles. The normalized spacial score (nSPS) is 18.7. The Labute approximate surface area is 109 Å². The highest BCUT2D eigenvalue weighted by molar-refractivity contribution is 4.93. The molecule has 0 saturated heterocycles. The molecule has 0 radical (unpaired) electrons. The molecule has 0 spiro atoms. The van der Waals surface area contributed by atoms with Crippen molar-refractivity contribution in [2.24, 2.45) is 5.41 Å². The molecule has 1 aliphatic carbocycles. The van der Waals surface area contributed by atoms with Crippen LogP contribution in [0.2, 0.25) is 0 Å². The molecule has 1 aliphatic rings. The Morgan fingerprint density at radius 2 is 2.06 bits per heavy atom. The smallest absolute Gasteiger partial charge is 0.250 e. The average Bonchev–Trinajstić information content (AvgIpc) is 2.37. The van der Waals surface area contributed by atoms with E-state index in [4.69, 9.17) is 0 Å². The second kappa shape index (κ2) is 6.19. The van der Waals surface area contributed by atoms with Crippen LogP contribution in [0.15, 0.2) is 29.2 Å². The molecule has 0 atom stereocenters. The Morgan fingerprint density at radius 1 is 1.28 bits per heavy atom. The quantitative estimate of drug-likeness (QED) is 0.812. The summed E-state index contributed by atoms with van der Waals surface area (Å²) in [6, 6.07) is 5.31. The molecule has 0 amide bonds. The van der Waals surface area contributed by atoms with E-state index in [0.717, 1.165) is 19.6 Å². The molecule has 0 bridgehead atoms. The summed E-state index contributed by atoms with van der Waals surface area (Å²) in [5.74, 6) is 0. The second-order valence-corrected chi connectivity index (χ2v) is 5.78. The second-order valence-electron chi connectivity index (χ2n) is 5.78. The molecular formula is C15H24N2O. The van der Waals surface area contributed by atoms with Gasteiger partial charge in [0, 0.05) is 31.9 Å². The van der Waals surface area contributed by atoms with Crippen LogP contribution in [0.5, 0.6) is 0 Å². The maximum Gasteiger partial charge on any atom is 0.250 e. The van der Waals surface area contributed by atoms with Crippen LogP contribution in [0.4, 0.5) is 0 Å². The number of pyridine rings is 1. The van der Waals surface area contributed by atoms with Crippen molar-refractivity contribution in [3.8, 4) is 0 Å². The molecular weight excluding hydrogens is 224 g/mol. The van der Waals surface area contributed by atoms with Gasteiger partial charge in [0.1, 0.15) is 0 Å². The Bertz CT molecular complexity index is 419. The van der Waals surface area contributed by atoms with Gasteiger partial charge in [0.05, 0.1) is 0 Å². The van der Waals surface area contributed by atoms with Crippen LogP contribution in [0.1, 0.15) is 39.0 Å². The van der Waals surface area contributed by atoms with E-state index in [2.05, 4.69) is 12.2 Å². The van der Waals surface area contributed by atoms with Gasteiger partial charge >= 0.3 is 0 Å². The number of hydrogen-bond acceptors (Lipinski definition) is 2. The van der Waals surface area contributed by atoms with Gasteiger partial charge in [-0.25, -0.2) is 0 Å². The van der Waals surface area contributed by atoms with Crippen molar-refractivity contribution in [2.45, 2.75) is 45.6 Å². The van der Waals surface area contributed by atoms with Crippen LogP contribution in [0, 0.1) is 5.41 Å². The molecule has 0 aromatic carbocycles. The molecule has 0 aliphatic heterocycles. The molecule has 1 aromatic heterocycles. The predicted octanol–water partition coefficient (Wildman–Crippen LogP) is 2.41. The van der Waals surface area contributed by atoms with Crippen molar-refractivity contribution in [3.63, 3.8) is 0 Å². The predicted molar refractivity (Wildman–Crippen MR) is 74.8 cm³/mol. The third-order valence-electron chi connectivity index (χ3n) is 4.04. The van der Waals surface area contributed by atoms with Gasteiger partial charge in [-0.1, -0.05) is 32.3 Å². The molecule has 1 saturated carbocycles. The molecule has 1 N–H and O–H groups in total. The van der Waals surface area contributed by atoms with Crippen molar-refractivity contribution in [2.75, 3.05) is 13.1 Å². The minimum atomic E-state index is 0.0863. The molecule has 0 unspecified atom stereocenters. The zero-order valence-electron chi connectivity index (χ0n) is 11.3. The van der Waals surface area contributed by atoms with Crippen LogP contribution in [0.3, 0.4) is 0 Å². The Kier molecular flexibility index (Phi) is 4.59. The summed E-state index contributed by atoms with van der Waals surface area (Å²) in [5.41, 5.74) is 0.558. The number of nitrogens with one attached hydrogen (secondary N) is 1. The lowest BCUT2D eigenvalue weighted by Gasteiger charge is -2.33. The highest BCUT2D eigenvalue weighted by Gasteiger charge is 2.25. The van der Waals surface area contributed by atoms with E-state index in [0.29, 0.717) is 5.41 Å². The number of rotatable bonds is 5. The summed E-state index contributed by atoms with van der Waals surface area (Å²) < 4.78 is 1.76. The van der Waals surface area contributed by atoms with Crippen LogP contribution in [-0.4, -0.2) is 17.7 Å². The highest BCUT2D eigenvalue weighted by Crippen LogP contribution is 2.34. The van der Waals surface area contributed by atoms with Gasteiger partial charge < -0.3 is 9.88 Å². The largest absolute Gasteiger partial charge is 0.314 e. The molecule has 3 heteroatoms. The lowest BCUT2D eigenvalue weighted by atomic mass is 9.76. The average molecular weight is 248 g/mol. The Hall–Kier alpha value is -1.09. The lowest BCUT2D eigenvalue weighted by molar-refractivity contribution is 0.207. The SMILES string of the molecule is CC1(CNCCn2ccccc2=O)CCCCC1. The van der Waals surface area contributed by atoms with Crippen LogP contribution < -0.4 is 10.9 Å². The minimum absolute atomic E-state index is 0.0863. The van der Waals surface area contributed by atoms with Gasteiger partial charge in [-0.3, -0.25) is 4.79 Å². The van der Waals surface area contributed by atoms with E-state index >= 15 is 0 Å². The first-order valence-electron chi connectivity index (χ1n) is 7.06. The molecule has 1 aromatic rings. The van der Waals surface area contributed by atoms with Crippen molar-refractivity contribution in [3.05, 3.63) is 34.7 Å². The fourth-order valence-corrected chi connectivity index (χ4v) is 2.82. The maximum absolute atomic E-state index is 11.5. The molecule has 3 nitrogen and oxygen atoms in total. The van der Waals surface area contributed by atoms with Crippen LogP contribution >= 0.6 is 0 Å². The van der Waals surface area contributed by atoms with Crippen LogP contribution in [0.25, 0.3) is 0 Å². The van der Waals surface area contributed by atoms with E-state index in [1.165, 1.54) is 32.1 Å². The topological polar surface area (TPSA) is 34.0 Å². The minimum Gasteiger partial charge on any atom is -0.314 e. The first-order chi connectivity index (χ1) is 8.70. The third kappa shape index (κ3) is 3.70. The summed E-state index contributed by atoms with van der Waals surface area (Å²) in [4.78, 5) is 11.5. The van der Waals surface area contributed by atoms with Gasteiger partial charge in [0.25, 0.3) is 5.56 Å². The first kappa shape index (κ1) is 13.3. The van der Waals surface area contributed by atoms with Gasteiger partial charge in [-0.05, 0) is 24.3 Å². The summed E-state index contributed by atoms with van der Waals surface area (Å²) in [7, 11) is 0. The Morgan fingerprint density at radius 3 is 2.78 bits per heavy atom. The highest BCUT2D eigenvalue weighted by atomic mass is 16.1.